The third kappa shape index (κ3) is 1.71. The van der Waals surface area contributed by atoms with Gasteiger partial charge in [-0.15, -0.1) is 0 Å². The highest BCUT2D eigenvalue weighted by Gasteiger charge is 2.17. The molecular formula is C5H9BrFN. The zero-order valence-corrected chi connectivity index (χ0v) is 6.12. The van der Waals surface area contributed by atoms with E-state index in [9.17, 15) is 4.39 Å². The summed E-state index contributed by atoms with van der Waals surface area (Å²) in [5, 5.41) is 2.96. The summed E-state index contributed by atoms with van der Waals surface area (Å²) in [6, 6.07) is 0. The molecule has 0 aromatic heterocycles. The van der Waals surface area contributed by atoms with Gasteiger partial charge in [0.15, 0.2) is 0 Å². The third-order valence-corrected chi connectivity index (χ3v) is 1.94. The molecule has 0 aliphatic carbocycles. The van der Waals surface area contributed by atoms with Crippen molar-refractivity contribution in [2.24, 2.45) is 0 Å². The Balaban J connectivity index is 2.23. The molecule has 0 bridgehead atoms. The van der Waals surface area contributed by atoms with Gasteiger partial charge >= 0.3 is 0 Å². The van der Waals surface area contributed by atoms with E-state index in [0.29, 0.717) is 17.8 Å². The second-order valence-electron chi connectivity index (χ2n) is 2.09. The van der Waals surface area contributed by atoms with E-state index in [0.717, 1.165) is 6.54 Å². The van der Waals surface area contributed by atoms with Crippen LogP contribution in [0.1, 0.15) is 6.42 Å². The first-order valence-electron chi connectivity index (χ1n) is 2.78. The highest BCUT2D eigenvalue weighted by molar-refractivity contribution is 9.09. The fourth-order valence-electron chi connectivity index (χ4n) is 0.841. The van der Waals surface area contributed by atoms with Crippen LogP contribution in [0.15, 0.2) is 0 Å². The molecule has 1 saturated heterocycles. The summed E-state index contributed by atoms with van der Waals surface area (Å²) in [6.45, 7) is 1.43. The lowest BCUT2D eigenvalue weighted by molar-refractivity contribution is 0.273. The van der Waals surface area contributed by atoms with Crippen LogP contribution < -0.4 is 5.32 Å². The molecule has 0 aromatic carbocycles. The van der Waals surface area contributed by atoms with Gasteiger partial charge in [0.1, 0.15) is 6.17 Å². The van der Waals surface area contributed by atoms with Crippen LogP contribution in [0.5, 0.6) is 0 Å². The molecule has 1 fully saturated rings. The summed E-state index contributed by atoms with van der Waals surface area (Å²) >= 11 is 3.33. The number of alkyl halides is 2. The summed E-state index contributed by atoms with van der Waals surface area (Å²) in [5.74, 6) is 0. The van der Waals surface area contributed by atoms with Crippen LogP contribution >= 0.6 is 15.9 Å². The molecule has 3 heteroatoms. The Bertz CT molecular complexity index is 70.8. The largest absolute Gasteiger partial charge is 0.313 e. The minimum atomic E-state index is -0.645. The molecule has 0 saturated carbocycles. The van der Waals surface area contributed by atoms with Gasteiger partial charge in [0, 0.05) is 17.9 Å². The first kappa shape index (κ1) is 6.49. The lowest BCUT2D eigenvalue weighted by atomic mass is 10.1. The van der Waals surface area contributed by atoms with Crippen LogP contribution in [0, 0.1) is 0 Å². The summed E-state index contributed by atoms with van der Waals surface area (Å²) in [7, 11) is 0. The molecule has 1 aliphatic rings. The van der Waals surface area contributed by atoms with E-state index in [1.165, 1.54) is 0 Å². The van der Waals surface area contributed by atoms with Gasteiger partial charge in [-0.3, -0.25) is 0 Å². The molecule has 1 heterocycles. The standard InChI is InChI=1S/C5H9BrFN/c6-4-1-5(7)3-8-2-4/h4-5,8H,1-3H2. The molecule has 0 spiro atoms. The minimum absolute atomic E-state index is 0.339. The topological polar surface area (TPSA) is 12.0 Å². The van der Waals surface area contributed by atoms with Gasteiger partial charge in [-0.05, 0) is 6.42 Å². The van der Waals surface area contributed by atoms with Gasteiger partial charge in [-0.2, -0.15) is 0 Å². The van der Waals surface area contributed by atoms with Crippen molar-refractivity contribution < 1.29 is 4.39 Å². The molecule has 8 heavy (non-hydrogen) atoms. The smallest absolute Gasteiger partial charge is 0.114 e. The normalized spacial score (nSPS) is 39.8. The Labute approximate surface area is 56.8 Å². The van der Waals surface area contributed by atoms with Crippen molar-refractivity contribution >= 4 is 15.9 Å². The molecule has 0 amide bonds. The fraction of sp³-hybridized carbons (Fsp3) is 1.00. The van der Waals surface area contributed by atoms with Crippen LogP contribution in [-0.4, -0.2) is 24.1 Å². The summed E-state index contributed by atoms with van der Waals surface area (Å²) in [5.41, 5.74) is 0. The van der Waals surface area contributed by atoms with Crippen molar-refractivity contribution in [3.05, 3.63) is 0 Å². The molecule has 1 aliphatic heterocycles. The molecule has 0 radical (unpaired) electrons. The second-order valence-corrected chi connectivity index (χ2v) is 3.38. The predicted molar refractivity (Wildman–Crippen MR) is 35.1 cm³/mol. The maximum absolute atomic E-state index is 12.3. The van der Waals surface area contributed by atoms with Crippen molar-refractivity contribution in [1.29, 1.82) is 0 Å². The highest BCUT2D eigenvalue weighted by atomic mass is 79.9. The molecule has 48 valence electrons. The second kappa shape index (κ2) is 2.78. The van der Waals surface area contributed by atoms with E-state index in [-0.39, 0.29) is 0 Å². The number of rotatable bonds is 0. The maximum Gasteiger partial charge on any atom is 0.114 e. The average molecular weight is 182 g/mol. The lowest BCUT2D eigenvalue weighted by Gasteiger charge is -2.20. The Hall–Kier alpha value is 0.370. The molecule has 1 N–H and O–H groups in total. The number of hydrogen-bond donors (Lipinski definition) is 1. The summed E-state index contributed by atoms with van der Waals surface area (Å²) in [6.07, 6.45) is 0.0145. The van der Waals surface area contributed by atoms with E-state index < -0.39 is 6.17 Å². The van der Waals surface area contributed by atoms with Gasteiger partial charge in [-0.1, -0.05) is 15.9 Å². The maximum atomic E-state index is 12.3. The lowest BCUT2D eigenvalue weighted by Crippen LogP contribution is -2.37. The first-order valence-corrected chi connectivity index (χ1v) is 3.69. The van der Waals surface area contributed by atoms with Crippen LogP contribution in [0.25, 0.3) is 0 Å². The van der Waals surface area contributed by atoms with Crippen LogP contribution in [0.2, 0.25) is 0 Å². The van der Waals surface area contributed by atoms with Crippen molar-refractivity contribution in [2.75, 3.05) is 13.1 Å². The van der Waals surface area contributed by atoms with E-state index >= 15 is 0 Å². The quantitative estimate of drug-likeness (QED) is 0.552. The number of nitrogens with one attached hydrogen (secondary N) is 1. The van der Waals surface area contributed by atoms with E-state index in [2.05, 4.69) is 21.2 Å². The average Bonchev–Trinajstić information content (AvgIpc) is 1.64. The first-order chi connectivity index (χ1) is 3.79. The monoisotopic (exact) mass is 181 g/mol. The van der Waals surface area contributed by atoms with Gasteiger partial charge in [0.05, 0.1) is 0 Å². The predicted octanol–water partition coefficient (Wildman–Crippen LogP) is 1.08. The Morgan fingerprint density at radius 3 is 2.62 bits per heavy atom. The molecule has 1 nitrogen and oxygen atoms in total. The van der Waals surface area contributed by atoms with Gasteiger partial charge in [0.25, 0.3) is 0 Å². The molecular weight excluding hydrogens is 173 g/mol. The summed E-state index contributed by atoms with van der Waals surface area (Å²) in [4.78, 5) is 0.339. The Morgan fingerprint density at radius 1 is 1.50 bits per heavy atom. The van der Waals surface area contributed by atoms with E-state index in [1.54, 1.807) is 0 Å². The minimum Gasteiger partial charge on any atom is -0.313 e. The number of hydrogen-bond acceptors (Lipinski definition) is 1. The highest BCUT2D eigenvalue weighted by Crippen LogP contribution is 2.12. The molecule has 0 aromatic rings. The number of halogens is 2. The van der Waals surface area contributed by atoms with E-state index in [1.807, 2.05) is 0 Å². The van der Waals surface area contributed by atoms with Gasteiger partial charge < -0.3 is 5.32 Å². The van der Waals surface area contributed by atoms with Crippen LogP contribution in [0.3, 0.4) is 0 Å². The van der Waals surface area contributed by atoms with Crippen LogP contribution in [0.4, 0.5) is 4.39 Å². The van der Waals surface area contributed by atoms with Crippen LogP contribution in [-0.2, 0) is 0 Å². The molecule has 2 atom stereocenters. The fourth-order valence-corrected chi connectivity index (χ4v) is 1.48. The number of piperidine rings is 1. The summed E-state index contributed by atoms with van der Waals surface area (Å²) < 4.78 is 12.3. The van der Waals surface area contributed by atoms with Gasteiger partial charge in [-0.25, -0.2) is 4.39 Å². The zero-order chi connectivity index (χ0) is 5.98. The van der Waals surface area contributed by atoms with Gasteiger partial charge in [0.2, 0.25) is 0 Å². The Morgan fingerprint density at radius 2 is 2.25 bits per heavy atom. The van der Waals surface area contributed by atoms with Crippen molar-refractivity contribution in [2.45, 2.75) is 17.4 Å². The van der Waals surface area contributed by atoms with E-state index in [4.69, 9.17) is 0 Å². The molecule has 1 rings (SSSR count). The zero-order valence-electron chi connectivity index (χ0n) is 4.53. The Kier molecular flexibility index (Phi) is 2.26. The SMILES string of the molecule is FC1CNCC(Br)C1. The molecule has 2 unspecified atom stereocenters. The van der Waals surface area contributed by atoms with Crippen molar-refractivity contribution in [3.8, 4) is 0 Å². The van der Waals surface area contributed by atoms with Crippen molar-refractivity contribution in [3.63, 3.8) is 0 Å². The third-order valence-electron chi connectivity index (χ3n) is 1.24. The van der Waals surface area contributed by atoms with Crippen molar-refractivity contribution in [1.82, 2.24) is 5.32 Å².